The quantitative estimate of drug-likeness (QED) is 0.682. The second-order valence-electron chi connectivity index (χ2n) is 7.14. The van der Waals surface area contributed by atoms with Crippen LogP contribution in [-0.2, 0) is 17.8 Å². The SMILES string of the molecule is CN(C)Cc1nc(-c2cn(CC3CCOCC3)c3c(F)cccc23)ns1. The average Bonchev–Trinajstić information content (AvgIpc) is 3.21. The fourth-order valence-corrected chi connectivity index (χ4v) is 4.32. The van der Waals surface area contributed by atoms with Gasteiger partial charge in [0.25, 0.3) is 0 Å². The van der Waals surface area contributed by atoms with E-state index in [0.29, 0.717) is 17.3 Å². The molecule has 0 amide bonds. The summed E-state index contributed by atoms with van der Waals surface area (Å²) in [4.78, 5) is 6.74. The van der Waals surface area contributed by atoms with Gasteiger partial charge in [0.2, 0.25) is 0 Å². The van der Waals surface area contributed by atoms with Gasteiger partial charge < -0.3 is 14.2 Å². The molecule has 3 aromatic rings. The summed E-state index contributed by atoms with van der Waals surface area (Å²) in [6.45, 7) is 3.14. The zero-order valence-corrected chi connectivity index (χ0v) is 15.9. The maximum Gasteiger partial charge on any atom is 0.175 e. The van der Waals surface area contributed by atoms with Crippen LogP contribution in [0.15, 0.2) is 24.4 Å². The van der Waals surface area contributed by atoms with Crippen molar-refractivity contribution in [3.8, 4) is 11.4 Å². The third-order valence-electron chi connectivity index (χ3n) is 4.81. The van der Waals surface area contributed by atoms with Crippen LogP contribution in [0, 0.1) is 11.7 Å². The minimum atomic E-state index is -0.190. The van der Waals surface area contributed by atoms with Crippen molar-refractivity contribution in [2.75, 3.05) is 27.3 Å². The number of nitrogens with zero attached hydrogens (tertiary/aromatic N) is 4. The van der Waals surface area contributed by atoms with E-state index in [-0.39, 0.29) is 5.82 Å². The number of halogens is 1. The Hall–Kier alpha value is -1.83. The first-order chi connectivity index (χ1) is 12.6. The van der Waals surface area contributed by atoms with E-state index in [4.69, 9.17) is 4.74 Å². The molecular weight excluding hydrogens is 351 g/mol. The largest absolute Gasteiger partial charge is 0.381 e. The molecule has 4 rings (SSSR count). The Morgan fingerprint density at radius 1 is 1.31 bits per heavy atom. The van der Waals surface area contributed by atoms with Gasteiger partial charge in [-0.15, -0.1) is 0 Å². The molecule has 2 aromatic heterocycles. The second-order valence-corrected chi connectivity index (χ2v) is 7.97. The smallest absolute Gasteiger partial charge is 0.175 e. The Balaban J connectivity index is 1.73. The van der Waals surface area contributed by atoms with Gasteiger partial charge in [-0.2, -0.15) is 4.37 Å². The molecule has 0 atom stereocenters. The Kier molecular flexibility index (Phi) is 5.02. The first-order valence-electron chi connectivity index (χ1n) is 8.94. The van der Waals surface area contributed by atoms with Gasteiger partial charge in [-0.1, -0.05) is 12.1 Å². The van der Waals surface area contributed by atoms with Crippen molar-refractivity contribution in [2.45, 2.75) is 25.9 Å². The lowest BCUT2D eigenvalue weighted by molar-refractivity contribution is 0.0616. The van der Waals surface area contributed by atoms with Crippen LogP contribution in [0.5, 0.6) is 0 Å². The highest BCUT2D eigenvalue weighted by atomic mass is 32.1. The summed E-state index contributed by atoms with van der Waals surface area (Å²) in [7, 11) is 4.02. The molecule has 7 heteroatoms. The molecule has 0 bridgehead atoms. The molecule has 0 unspecified atom stereocenters. The topological polar surface area (TPSA) is 43.2 Å². The molecule has 3 heterocycles. The summed E-state index contributed by atoms with van der Waals surface area (Å²) < 4.78 is 26.6. The number of ether oxygens (including phenoxy) is 1. The van der Waals surface area contributed by atoms with Crippen LogP contribution in [0.25, 0.3) is 22.3 Å². The molecule has 138 valence electrons. The monoisotopic (exact) mass is 374 g/mol. The summed E-state index contributed by atoms with van der Waals surface area (Å²) in [5.74, 6) is 1.01. The molecule has 1 saturated heterocycles. The standard InChI is InChI=1S/C19H23FN4OS/c1-23(2)12-17-21-19(22-26-17)15-11-24(10-13-6-8-25-9-7-13)18-14(15)4-3-5-16(18)20/h3-5,11,13H,6-10,12H2,1-2H3. The molecule has 0 aliphatic carbocycles. The molecule has 0 spiro atoms. The van der Waals surface area contributed by atoms with E-state index in [1.165, 1.54) is 17.6 Å². The highest BCUT2D eigenvalue weighted by Gasteiger charge is 2.20. The van der Waals surface area contributed by atoms with Gasteiger partial charge in [0.15, 0.2) is 5.82 Å². The first kappa shape index (κ1) is 17.6. The van der Waals surface area contributed by atoms with Crippen LogP contribution < -0.4 is 0 Å². The predicted octanol–water partition coefficient (Wildman–Crippen LogP) is 3.79. The number of benzene rings is 1. The molecule has 1 aliphatic heterocycles. The van der Waals surface area contributed by atoms with Crippen molar-refractivity contribution in [1.82, 2.24) is 18.8 Å². The zero-order valence-electron chi connectivity index (χ0n) is 15.1. The maximum atomic E-state index is 14.6. The highest BCUT2D eigenvalue weighted by Crippen LogP contribution is 2.32. The number of hydrogen-bond acceptors (Lipinski definition) is 5. The maximum absolute atomic E-state index is 14.6. The van der Waals surface area contributed by atoms with E-state index < -0.39 is 0 Å². The number of rotatable bonds is 5. The third kappa shape index (κ3) is 3.51. The second kappa shape index (κ2) is 7.42. The fraction of sp³-hybridized carbons (Fsp3) is 0.474. The molecule has 1 fully saturated rings. The van der Waals surface area contributed by atoms with Crippen LogP contribution in [-0.4, -0.2) is 46.1 Å². The lowest BCUT2D eigenvalue weighted by Gasteiger charge is -2.22. The van der Waals surface area contributed by atoms with Crippen molar-refractivity contribution in [2.24, 2.45) is 5.92 Å². The van der Waals surface area contributed by atoms with Crippen LogP contribution >= 0.6 is 11.5 Å². The van der Waals surface area contributed by atoms with Crippen LogP contribution in [0.3, 0.4) is 0 Å². The van der Waals surface area contributed by atoms with Gasteiger partial charge in [0.1, 0.15) is 10.8 Å². The summed E-state index contributed by atoms with van der Waals surface area (Å²) in [6.07, 6.45) is 4.06. The lowest BCUT2D eigenvalue weighted by atomic mass is 10.0. The number of hydrogen-bond donors (Lipinski definition) is 0. The van der Waals surface area contributed by atoms with Crippen LogP contribution in [0.4, 0.5) is 4.39 Å². The van der Waals surface area contributed by atoms with Crippen molar-refractivity contribution in [3.05, 3.63) is 35.2 Å². The predicted molar refractivity (Wildman–Crippen MR) is 102 cm³/mol. The van der Waals surface area contributed by atoms with E-state index in [0.717, 1.165) is 55.1 Å². The van der Waals surface area contributed by atoms with E-state index >= 15 is 0 Å². The molecule has 1 aliphatic rings. The fourth-order valence-electron chi connectivity index (χ4n) is 3.54. The highest BCUT2D eigenvalue weighted by molar-refractivity contribution is 7.05. The first-order valence-corrected chi connectivity index (χ1v) is 9.72. The van der Waals surface area contributed by atoms with E-state index in [9.17, 15) is 4.39 Å². The summed E-state index contributed by atoms with van der Waals surface area (Å²) >= 11 is 1.41. The Morgan fingerprint density at radius 3 is 2.88 bits per heavy atom. The molecule has 5 nitrogen and oxygen atoms in total. The Morgan fingerprint density at radius 2 is 2.12 bits per heavy atom. The molecule has 0 saturated carbocycles. The normalized spacial score (nSPS) is 16.0. The minimum absolute atomic E-state index is 0.190. The molecular formula is C19H23FN4OS. The third-order valence-corrected chi connectivity index (χ3v) is 5.50. The van der Waals surface area contributed by atoms with E-state index in [1.54, 1.807) is 6.07 Å². The molecule has 1 aromatic carbocycles. The average molecular weight is 374 g/mol. The van der Waals surface area contributed by atoms with Crippen molar-refractivity contribution in [1.29, 1.82) is 0 Å². The van der Waals surface area contributed by atoms with Crippen LogP contribution in [0.1, 0.15) is 17.8 Å². The van der Waals surface area contributed by atoms with Gasteiger partial charge >= 0.3 is 0 Å². The van der Waals surface area contributed by atoms with Gasteiger partial charge in [-0.05, 0) is 50.5 Å². The zero-order chi connectivity index (χ0) is 18.1. The van der Waals surface area contributed by atoms with Crippen LogP contribution in [0.2, 0.25) is 0 Å². The number of fused-ring (bicyclic) bond motifs is 1. The minimum Gasteiger partial charge on any atom is -0.381 e. The van der Waals surface area contributed by atoms with Gasteiger partial charge in [-0.3, -0.25) is 0 Å². The lowest BCUT2D eigenvalue weighted by Crippen LogP contribution is -2.20. The molecule has 0 N–H and O–H groups in total. The van der Waals surface area contributed by atoms with Crippen molar-refractivity contribution in [3.63, 3.8) is 0 Å². The van der Waals surface area contributed by atoms with Gasteiger partial charge in [0, 0.05) is 36.9 Å². The van der Waals surface area contributed by atoms with E-state index in [1.807, 2.05) is 30.9 Å². The van der Waals surface area contributed by atoms with Gasteiger partial charge in [-0.25, -0.2) is 9.37 Å². The summed E-state index contributed by atoms with van der Waals surface area (Å²) in [5.41, 5.74) is 1.56. The number of para-hydroxylation sites is 1. The van der Waals surface area contributed by atoms with E-state index in [2.05, 4.69) is 14.3 Å². The Bertz CT molecular complexity index is 898. The summed E-state index contributed by atoms with van der Waals surface area (Å²) in [5, 5.41) is 1.85. The van der Waals surface area contributed by atoms with Crippen molar-refractivity contribution < 1.29 is 9.13 Å². The Labute approximate surface area is 156 Å². The molecule has 0 radical (unpaired) electrons. The van der Waals surface area contributed by atoms with Gasteiger partial charge in [0.05, 0.1) is 12.1 Å². The van der Waals surface area contributed by atoms with Crippen molar-refractivity contribution >= 4 is 22.4 Å². The summed E-state index contributed by atoms with van der Waals surface area (Å²) in [6, 6.07) is 5.24. The number of aromatic nitrogens is 3. The molecule has 26 heavy (non-hydrogen) atoms.